The average molecular weight is 207 g/mol. The number of ether oxygens (including phenoxy) is 1. The van der Waals surface area contributed by atoms with Crippen LogP contribution < -0.4 is 17.2 Å². The van der Waals surface area contributed by atoms with E-state index in [-0.39, 0.29) is 0 Å². The molecular weight excluding hydrogens is 190 g/mol. The fraction of sp³-hybridized carbons (Fsp3) is 0.455. The van der Waals surface area contributed by atoms with Crippen LogP contribution in [0, 0.1) is 0 Å². The topological polar surface area (TPSA) is 87.3 Å². The maximum Gasteiger partial charge on any atom is 0.0603 e. The van der Waals surface area contributed by atoms with Crippen molar-refractivity contribution in [3.63, 3.8) is 0 Å². The van der Waals surface area contributed by atoms with E-state index < -0.39 is 0 Å². The van der Waals surface area contributed by atoms with Gasteiger partial charge in [-0.1, -0.05) is 0 Å². The molecule has 4 nitrogen and oxygen atoms in total. The summed E-state index contributed by atoms with van der Waals surface area (Å²) in [5, 5.41) is 0. The Morgan fingerprint density at radius 3 is 2.27 bits per heavy atom. The van der Waals surface area contributed by atoms with E-state index in [1.165, 1.54) is 0 Å². The van der Waals surface area contributed by atoms with Gasteiger partial charge in [-0.05, 0) is 30.9 Å². The first-order valence-corrected chi connectivity index (χ1v) is 5.21. The highest BCUT2D eigenvalue weighted by Gasteiger charge is 2.21. The second-order valence-corrected chi connectivity index (χ2v) is 3.96. The molecule has 0 aliphatic carbocycles. The monoisotopic (exact) mass is 207 g/mol. The third-order valence-corrected chi connectivity index (χ3v) is 2.98. The number of rotatable bonds is 1. The van der Waals surface area contributed by atoms with E-state index in [4.69, 9.17) is 21.9 Å². The normalized spacial score (nSPS) is 17.9. The maximum atomic E-state index is 5.97. The summed E-state index contributed by atoms with van der Waals surface area (Å²) in [5.41, 5.74) is 20.7. The van der Waals surface area contributed by atoms with Crippen LogP contribution in [0.1, 0.15) is 24.3 Å². The van der Waals surface area contributed by atoms with Gasteiger partial charge in [0.15, 0.2) is 0 Å². The first kappa shape index (κ1) is 10.1. The van der Waals surface area contributed by atoms with E-state index in [0.29, 0.717) is 17.3 Å². The summed E-state index contributed by atoms with van der Waals surface area (Å²) >= 11 is 0. The number of hydrogen-bond acceptors (Lipinski definition) is 4. The van der Waals surface area contributed by atoms with Gasteiger partial charge in [0.1, 0.15) is 0 Å². The summed E-state index contributed by atoms with van der Waals surface area (Å²) in [4.78, 5) is 0. The summed E-state index contributed by atoms with van der Waals surface area (Å²) in [7, 11) is 0. The van der Waals surface area contributed by atoms with Gasteiger partial charge in [0.25, 0.3) is 0 Å². The Kier molecular flexibility index (Phi) is 2.68. The molecule has 0 spiro atoms. The van der Waals surface area contributed by atoms with Gasteiger partial charge < -0.3 is 21.9 Å². The van der Waals surface area contributed by atoms with Crippen molar-refractivity contribution in [2.75, 3.05) is 30.4 Å². The molecule has 1 heterocycles. The number of hydrogen-bond donors (Lipinski definition) is 3. The van der Waals surface area contributed by atoms with Gasteiger partial charge in [0.05, 0.1) is 11.4 Å². The third-order valence-electron chi connectivity index (χ3n) is 2.98. The second kappa shape index (κ2) is 3.98. The Morgan fingerprint density at radius 2 is 1.60 bits per heavy atom. The van der Waals surface area contributed by atoms with Gasteiger partial charge in [0.2, 0.25) is 0 Å². The van der Waals surface area contributed by atoms with E-state index in [9.17, 15) is 0 Å². The minimum Gasteiger partial charge on any atom is -0.398 e. The number of nitrogen functional groups attached to an aromatic ring is 3. The molecule has 0 aromatic heterocycles. The minimum absolute atomic E-state index is 0.391. The molecule has 0 saturated carbocycles. The molecule has 2 rings (SSSR count). The van der Waals surface area contributed by atoms with E-state index in [1.54, 1.807) is 6.07 Å². The van der Waals surface area contributed by atoms with Crippen molar-refractivity contribution < 1.29 is 4.74 Å². The smallest absolute Gasteiger partial charge is 0.0603 e. The maximum absolute atomic E-state index is 5.97. The molecule has 0 amide bonds. The molecular formula is C11H17N3O. The molecule has 0 bridgehead atoms. The molecule has 1 aromatic rings. The second-order valence-electron chi connectivity index (χ2n) is 3.96. The first-order chi connectivity index (χ1) is 7.20. The molecule has 0 unspecified atom stereocenters. The predicted octanol–water partition coefficient (Wildman–Crippen LogP) is 1.33. The lowest BCUT2D eigenvalue weighted by molar-refractivity contribution is 0.0856. The standard InChI is InChI=1S/C11H17N3O/c12-8-1-2-9(13)11(14)10(8)7-3-5-15-6-4-7/h1-2,7H,3-6,12-14H2. The van der Waals surface area contributed by atoms with Crippen LogP contribution in [0.4, 0.5) is 17.1 Å². The summed E-state index contributed by atoms with van der Waals surface area (Å²) in [6.45, 7) is 1.55. The highest BCUT2D eigenvalue weighted by Crippen LogP contribution is 2.37. The summed E-state index contributed by atoms with van der Waals surface area (Å²) < 4.78 is 5.32. The van der Waals surface area contributed by atoms with Crippen molar-refractivity contribution in [1.82, 2.24) is 0 Å². The number of benzene rings is 1. The highest BCUT2D eigenvalue weighted by molar-refractivity contribution is 5.75. The Morgan fingerprint density at radius 1 is 1.00 bits per heavy atom. The first-order valence-electron chi connectivity index (χ1n) is 5.21. The molecule has 15 heavy (non-hydrogen) atoms. The number of anilines is 3. The van der Waals surface area contributed by atoms with Crippen LogP contribution in [0.15, 0.2) is 12.1 Å². The van der Waals surface area contributed by atoms with Crippen molar-refractivity contribution in [3.8, 4) is 0 Å². The van der Waals surface area contributed by atoms with Crippen LogP contribution in [0.2, 0.25) is 0 Å². The van der Waals surface area contributed by atoms with Crippen molar-refractivity contribution in [3.05, 3.63) is 17.7 Å². The van der Waals surface area contributed by atoms with Crippen molar-refractivity contribution in [2.24, 2.45) is 0 Å². The van der Waals surface area contributed by atoms with Crippen LogP contribution >= 0.6 is 0 Å². The zero-order valence-corrected chi connectivity index (χ0v) is 8.70. The van der Waals surface area contributed by atoms with E-state index in [2.05, 4.69) is 0 Å². The zero-order chi connectivity index (χ0) is 10.8. The lowest BCUT2D eigenvalue weighted by Gasteiger charge is -2.25. The fourth-order valence-corrected chi connectivity index (χ4v) is 2.11. The van der Waals surface area contributed by atoms with Crippen LogP contribution in [0.25, 0.3) is 0 Å². The van der Waals surface area contributed by atoms with Crippen LogP contribution in [0.5, 0.6) is 0 Å². The quantitative estimate of drug-likeness (QED) is 0.606. The van der Waals surface area contributed by atoms with Gasteiger partial charge in [-0.3, -0.25) is 0 Å². The van der Waals surface area contributed by atoms with E-state index in [1.807, 2.05) is 6.07 Å². The molecule has 1 aliphatic rings. The van der Waals surface area contributed by atoms with Gasteiger partial charge in [-0.25, -0.2) is 0 Å². The van der Waals surface area contributed by atoms with Crippen molar-refractivity contribution >= 4 is 17.1 Å². The van der Waals surface area contributed by atoms with Crippen LogP contribution in [-0.4, -0.2) is 13.2 Å². The zero-order valence-electron chi connectivity index (χ0n) is 8.70. The van der Waals surface area contributed by atoms with E-state index >= 15 is 0 Å². The van der Waals surface area contributed by atoms with E-state index in [0.717, 1.165) is 37.3 Å². The molecule has 0 radical (unpaired) electrons. The SMILES string of the molecule is Nc1ccc(N)c(C2CCOCC2)c1N. The van der Waals surface area contributed by atoms with Crippen LogP contribution in [0.3, 0.4) is 0 Å². The summed E-state index contributed by atoms with van der Waals surface area (Å²) in [6, 6.07) is 3.59. The molecule has 0 atom stereocenters. The Balaban J connectivity index is 2.36. The minimum atomic E-state index is 0.391. The molecule has 6 N–H and O–H groups in total. The van der Waals surface area contributed by atoms with Gasteiger partial charge >= 0.3 is 0 Å². The summed E-state index contributed by atoms with van der Waals surface area (Å²) in [5.74, 6) is 0.391. The molecule has 1 saturated heterocycles. The Labute approximate surface area is 89.4 Å². The van der Waals surface area contributed by atoms with Gasteiger partial charge in [0, 0.05) is 24.5 Å². The molecule has 4 heteroatoms. The van der Waals surface area contributed by atoms with Crippen molar-refractivity contribution in [1.29, 1.82) is 0 Å². The molecule has 1 aliphatic heterocycles. The molecule has 1 fully saturated rings. The Bertz CT molecular complexity index is 359. The third kappa shape index (κ3) is 1.85. The predicted molar refractivity (Wildman–Crippen MR) is 62.5 cm³/mol. The number of nitrogens with two attached hydrogens (primary N) is 3. The Hall–Kier alpha value is -1.42. The largest absolute Gasteiger partial charge is 0.398 e. The lowest BCUT2D eigenvalue weighted by atomic mass is 9.89. The van der Waals surface area contributed by atoms with Gasteiger partial charge in [-0.15, -0.1) is 0 Å². The molecule has 82 valence electrons. The highest BCUT2D eigenvalue weighted by atomic mass is 16.5. The average Bonchev–Trinajstić information content (AvgIpc) is 2.26. The fourth-order valence-electron chi connectivity index (χ4n) is 2.11. The summed E-state index contributed by atoms with van der Waals surface area (Å²) in [6.07, 6.45) is 1.94. The lowest BCUT2D eigenvalue weighted by Crippen LogP contribution is -2.17. The molecule has 1 aromatic carbocycles. The van der Waals surface area contributed by atoms with Crippen LogP contribution in [-0.2, 0) is 4.74 Å². The van der Waals surface area contributed by atoms with Crippen molar-refractivity contribution in [2.45, 2.75) is 18.8 Å². The van der Waals surface area contributed by atoms with Gasteiger partial charge in [-0.2, -0.15) is 0 Å².